The van der Waals surface area contributed by atoms with Gasteiger partial charge >= 0.3 is 0 Å². The Morgan fingerprint density at radius 3 is 2.17 bits per heavy atom. The first-order valence-corrected chi connectivity index (χ1v) is 9.35. The summed E-state index contributed by atoms with van der Waals surface area (Å²) in [5.41, 5.74) is 3.25. The maximum atomic E-state index is 13.2. The maximum absolute atomic E-state index is 13.2. The van der Waals surface area contributed by atoms with Crippen LogP contribution >= 0.6 is 0 Å². The van der Waals surface area contributed by atoms with Crippen LogP contribution < -0.4 is 10.9 Å². The van der Waals surface area contributed by atoms with E-state index in [1.54, 1.807) is 32.0 Å². The average molecular weight is 393 g/mol. The molecule has 0 unspecified atom stereocenters. The van der Waals surface area contributed by atoms with Crippen molar-refractivity contribution < 1.29 is 9.18 Å². The van der Waals surface area contributed by atoms with Gasteiger partial charge in [-0.05, 0) is 76.1 Å². The lowest BCUT2D eigenvalue weighted by Crippen LogP contribution is -2.47. The molecule has 1 aromatic heterocycles. The zero-order valence-corrected chi connectivity index (χ0v) is 17.2. The van der Waals surface area contributed by atoms with Crippen LogP contribution in [-0.4, -0.2) is 15.7 Å². The van der Waals surface area contributed by atoms with Crippen molar-refractivity contribution in [2.75, 3.05) is 5.32 Å². The number of hydrogen-bond donors (Lipinski definition) is 1. The minimum Gasteiger partial charge on any atom is -0.324 e. The summed E-state index contributed by atoms with van der Waals surface area (Å²) in [6.45, 7) is 9.15. The van der Waals surface area contributed by atoms with Crippen molar-refractivity contribution in [1.29, 1.82) is 0 Å². The standard InChI is InChI=1S/C23H24FN3O2/c1-14-12-15(2)21(16(3)13-14)25-22(29)23(4,5)27-20(28)11-10-19(26-27)17-6-8-18(24)9-7-17/h6-13H,1-5H3,(H,25,29). The summed E-state index contributed by atoms with van der Waals surface area (Å²) in [7, 11) is 0. The molecule has 0 atom stereocenters. The Kier molecular flexibility index (Phi) is 5.38. The Morgan fingerprint density at radius 1 is 1.00 bits per heavy atom. The molecule has 2 aromatic carbocycles. The molecule has 29 heavy (non-hydrogen) atoms. The van der Waals surface area contributed by atoms with Crippen LogP contribution in [0.25, 0.3) is 11.3 Å². The number of nitrogens with one attached hydrogen (secondary N) is 1. The first-order chi connectivity index (χ1) is 13.6. The summed E-state index contributed by atoms with van der Waals surface area (Å²) in [6.07, 6.45) is 0. The number of anilines is 1. The first kappa shape index (κ1) is 20.5. The Bertz CT molecular complexity index is 1110. The summed E-state index contributed by atoms with van der Waals surface area (Å²) < 4.78 is 14.4. The highest BCUT2D eigenvalue weighted by molar-refractivity contribution is 5.97. The van der Waals surface area contributed by atoms with Crippen LogP contribution in [0.5, 0.6) is 0 Å². The molecule has 0 fully saturated rings. The third kappa shape index (κ3) is 4.11. The molecule has 0 radical (unpaired) electrons. The number of nitrogens with zero attached hydrogens (tertiary/aromatic N) is 2. The Hall–Kier alpha value is -3.28. The summed E-state index contributed by atoms with van der Waals surface area (Å²) in [5.74, 6) is -0.705. The first-order valence-electron chi connectivity index (χ1n) is 9.35. The molecule has 0 saturated heterocycles. The smallest absolute Gasteiger partial charge is 0.267 e. The molecule has 150 valence electrons. The molecule has 5 nitrogen and oxygen atoms in total. The summed E-state index contributed by atoms with van der Waals surface area (Å²) in [5, 5.41) is 7.34. The Morgan fingerprint density at radius 2 is 1.59 bits per heavy atom. The monoisotopic (exact) mass is 393 g/mol. The summed E-state index contributed by atoms with van der Waals surface area (Å²) in [4.78, 5) is 25.6. The number of benzene rings is 2. The van der Waals surface area contributed by atoms with Gasteiger partial charge in [-0.2, -0.15) is 5.10 Å². The van der Waals surface area contributed by atoms with Crippen molar-refractivity contribution in [2.24, 2.45) is 0 Å². The minimum absolute atomic E-state index is 0.349. The molecule has 6 heteroatoms. The molecule has 0 aliphatic heterocycles. The van der Waals surface area contributed by atoms with Crippen molar-refractivity contribution in [3.63, 3.8) is 0 Å². The van der Waals surface area contributed by atoms with Gasteiger partial charge < -0.3 is 5.32 Å². The fraction of sp³-hybridized carbons (Fsp3) is 0.261. The van der Waals surface area contributed by atoms with Crippen molar-refractivity contribution in [3.05, 3.63) is 81.4 Å². The molecule has 0 saturated carbocycles. The van der Waals surface area contributed by atoms with Gasteiger partial charge in [0.2, 0.25) is 0 Å². The lowest BCUT2D eigenvalue weighted by Gasteiger charge is -2.26. The fourth-order valence-electron chi connectivity index (χ4n) is 3.33. The van der Waals surface area contributed by atoms with Gasteiger partial charge in [0, 0.05) is 17.3 Å². The molecular weight excluding hydrogens is 369 g/mol. The zero-order chi connectivity index (χ0) is 21.3. The third-order valence-electron chi connectivity index (χ3n) is 4.94. The van der Waals surface area contributed by atoms with Gasteiger partial charge in [0.05, 0.1) is 5.69 Å². The number of hydrogen-bond acceptors (Lipinski definition) is 3. The summed E-state index contributed by atoms with van der Waals surface area (Å²) in [6, 6.07) is 12.7. The van der Waals surface area contributed by atoms with Gasteiger partial charge in [0.1, 0.15) is 11.4 Å². The second-order valence-corrected chi connectivity index (χ2v) is 7.76. The molecule has 3 aromatic rings. The van der Waals surface area contributed by atoms with Crippen molar-refractivity contribution >= 4 is 11.6 Å². The minimum atomic E-state index is -1.24. The van der Waals surface area contributed by atoms with Crippen LogP contribution in [0, 0.1) is 26.6 Å². The number of amides is 1. The van der Waals surface area contributed by atoms with Gasteiger partial charge in [-0.3, -0.25) is 9.59 Å². The van der Waals surface area contributed by atoms with E-state index in [1.807, 2.05) is 32.9 Å². The topological polar surface area (TPSA) is 64.0 Å². The highest BCUT2D eigenvalue weighted by atomic mass is 19.1. The molecule has 0 spiro atoms. The predicted octanol–water partition coefficient (Wildman–Crippen LogP) is 4.35. The number of halogens is 1. The van der Waals surface area contributed by atoms with Crippen LogP contribution in [-0.2, 0) is 10.3 Å². The van der Waals surface area contributed by atoms with Crippen molar-refractivity contribution in [1.82, 2.24) is 9.78 Å². The van der Waals surface area contributed by atoms with E-state index in [9.17, 15) is 14.0 Å². The fourth-order valence-corrected chi connectivity index (χ4v) is 3.33. The van der Waals surface area contributed by atoms with Gasteiger partial charge in [-0.25, -0.2) is 9.07 Å². The lowest BCUT2D eigenvalue weighted by atomic mass is 10.0. The highest BCUT2D eigenvalue weighted by Gasteiger charge is 2.33. The Labute approximate surface area is 169 Å². The normalized spacial score (nSPS) is 11.4. The predicted molar refractivity (Wildman–Crippen MR) is 112 cm³/mol. The van der Waals surface area contributed by atoms with Crippen molar-refractivity contribution in [2.45, 2.75) is 40.2 Å². The zero-order valence-electron chi connectivity index (χ0n) is 17.2. The molecular formula is C23H24FN3O2. The molecule has 0 aliphatic rings. The second kappa shape index (κ2) is 7.62. The largest absolute Gasteiger partial charge is 0.324 e. The number of carbonyl (C=O) groups excluding carboxylic acids is 1. The van der Waals surface area contributed by atoms with E-state index in [2.05, 4.69) is 10.4 Å². The molecule has 1 heterocycles. The van der Waals surface area contributed by atoms with Crippen LogP contribution in [0.15, 0.2) is 53.3 Å². The van der Waals surface area contributed by atoms with E-state index < -0.39 is 11.1 Å². The van der Waals surface area contributed by atoms with Crippen molar-refractivity contribution in [3.8, 4) is 11.3 Å². The SMILES string of the molecule is Cc1cc(C)c(NC(=O)C(C)(C)n2nc(-c3ccc(F)cc3)ccc2=O)c(C)c1. The van der Waals surface area contributed by atoms with Gasteiger partial charge in [0.15, 0.2) is 0 Å². The Balaban J connectivity index is 1.98. The van der Waals surface area contributed by atoms with Crippen LogP contribution in [0.2, 0.25) is 0 Å². The van der Waals surface area contributed by atoms with E-state index >= 15 is 0 Å². The molecule has 0 bridgehead atoms. The number of carbonyl (C=O) groups is 1. The highest BCUT2D eigenvalue weighted by Crippen LogP contribution is 2.25. The number of aryl methyl sites for hydroxylation is 3. The number of aromatic nitrogens is 2. The van der Waals surface area contributed by atoms with Crippen LogP contribution in [0.4, 0.5) is 10.1 Å². The van der Waals surface area contributed by atoms with E-state index in [0.717, 1.165) is 22.4 Å². The molecule has 3 rings (SSSR count). The van der Waals surface area contributed by atoms with E-state index in [4.69, 9.17) is 0 Å². The maximum Gasteiger partial charge on any atom is 0.267 e. The second-order valence-electron chi connectivity index (χ2n) is 7.76. The van der Waals surface area contributed by atoms with Gasteiger partial charge in [-0.15, -0.1) is 0 Å². The van der Waals surface area contributed by atoms with Crippen LogP contribution in [0.1, 0.15) is 30.5 Å². The van der Waals surface area contributed by atoms with Crippen LogP contribution in [0.3, 0.4) is 0 Å². The van der Waals surface area contributed by atoms with E-state index in [1.165, 1.54) is 22.9 Å². The average Bonchev–Trinajstić information content (AvgIpc) is 2.65. The molecule has 1 N–H and O–H groups in total. The van der Waals surface area contributed by atoms with Gasteiger partial charge in [-0.1, -0.05) is 17.7 Å². The lowest BCUT2D eigenvalue weighted by molar-refractivity contribution is -0.123. The van der Waals surface area contributed by atoms with Gasteiger partial charge in [0.25, 0.3) is 11.5 Å². The number of rotatable bonds is 4. The van der Waals surface area contributed by atoms with E-state index in [-0.39, 0.29) is 11.7 Å². The molecule has 0 aliphatic carbocycles. The quantitative estimate of drug-likeness (QED) is 0.717. The third-order valence-corrected chi connectivity index (χ3v) is 4.94. The molecule has 1 amide bonds. The summed E-state index contributed by atoms with van der Waals surface area (Å²) >= 11 is 0. The van der Waals surface area contributed by atoms with E-state index in [0.29, 0.717) is 11.3 Å².